The lowest BCUT2D eigenvalue weighted by molar-refractivity contribution is -0.118. The second kappa shape index (κ2) is 10.7. The van der Waals surface area contributed by atoms with E-state index in [1.165, 1.54) is 17.3 Å². The molecule has 0 heterocycles. The number of amides is 1. The zero-order valence-electron chi connectivity index (χ0n) is 16.0. The largest absolute Gasteiger partial charge is 0.489 e. The summed E-state index contributed by atoms with van der Waals surface area (Å²) in [6, 6.07) is 23.1. The van der Waals surface area contributed by atoms with Gasteiger partial charge in [0.1, 0.15) is 12.4 Å². The molecule has 0 aliphatic rings. The Balaban J connectivity index is 1.42. The van der Waals surface area contributed by atoms with Crippen molar-refractivity contribution in [2.24, 2.45) is 5.10 Å². The van der Waals surface area contributed by atoms with E-state index >= 15 is 0 Å². The Labute approximate surface area is 179 Å². The number of benzene rings is 3. The standard InChI is InChI=1S/C23H21ClN2O2S/c1-17-6-12-21(13-7-17)29-16-23(27)26-25-14-18-8-10-20(11-9-18)28-15-19-4-2-3-5-22(19)24/h2-14H,15-16H2,1H3,(H,26,27)/b25-14-. The van der Waals surface area contributed by atoms with Crippen LogP contribution in [-0.4, -0.2) is 17.9 Å². The average Bonchev–Trinajstić information content (AvgIpc) is 2.74. The van der Waals surface area contributed by atoms with Crippen LogP contribution in [-0.2, 0) is 11.4 Å². The van der Waals surface area contributed by atoms with Crippen LogP contribution >= 0.6 is 23.4 Å². The molecular weight excluding hydrogens is 404 g/mol. The first-order chi connectivity index (χ1) is 14.1. The summed E-state index contributed by atoms with van der Waals surface area (Å²) in [5.41, 5.74) is 5.54. The summed E-state index contributed by atoms with van der Waals surface area (Å²) in [5.74, 6) is 0.905. The highest BCUT2D eigenvalue weighted by Gasteiger charge is 2.02. The molecule has 148 valence electrons. The molecule has 0 bridgehead atoms. The number of thioether (sulfide) groups is 1. The van der Waals surface area contributed by atoms with Crippen LogP contribution in [0.4, 0.5) is 0 Å². The first kappa shape index (κ1) is 21.0. The quantitative estimate of drug-likeness (QED) is 0.296. The Bertz CT molecular complexity index is 973. The third-order valence-corrected chi connectivity index (χ3v) is 5.41. The van der Waals surface area contributed by atoms with Crippen LogP contribution in [0.5, 0.6) is 5.75 Å². The third-order valence-electron chi connectivity index (χ3n) is 4.03. The molecule has 0 aromatic heterocycles. The molecule has 3 aromatic carbocycles. The van der Waals surface area contributed by atoms with Gasteiger partial charge in [-0.15, -0.1) is 11.8 Å². The summed E-state index contributed by atoms with van der Waals surface area (Å²) in [6.07, 6.45) is 1.60. The normalized spacial score (nSPS) is 10.8. The van der Waals surface area contributed by atoms with Gasteiger partial charge in [0.05, 0.1) is 12.0 Å². The van der Waals surface area contributed by atoms with Gasteiger partial charge in [-0.1, -0.05) is 47.5 Å². The number of rotatable bonds is 8. The van der Waals surface area contributed by atoms with E-state index in [1.54, 1.807) is 6.21 Å². The van der Waals surface area contributed by atoms with E-state index in [-0.39, 0.29) is 5.91 Å². The van der Waals surface area contributed by atoms with Crippen LogP contribution in [0.2, 0.25) is 5.02 Å². The van der Waals surface area contributed by atoms with Gasteiger partial charge in [-0.3, -0.25) is 4.79 Å². The number of aryl methyl sites for hydroxylation is 1. The molecule has 3 rings (SSSR count). The predicted octanol–water partition coefficient (Wildman–Crippen LogP) is 5.47. The number of ether oxygens (including phenoxy) is 1. The van der Waals surface area contributed by atoms with E-state index in [2.05, 4.69) is 10.5 Å². The van der Waals surface area contributed by atoms with E-state index in [4.69, 9.17) is 16.3 Å². The fraction of sp³-hybridized carbons (Fsp3) is 0.130. The van der Waals surface area contributed by atoms with Gasteiger partial charge in [-0.05, 0) is 55.0 Å². The van der Waals surface area contributed by atoms with Crippen LogP contribution in [0.1, 0.15) is 16.7 Å². The highest BCUT2D eigenvalue weighted by atomic mass is 35.5. The number of nitrogens with one attached hydrogen (secondary N) is 1. The molecule has 0 unspecified atom stereocenters. The number of carbonyl (C=O) groups excluding carboxylic acids is 1. The van der Waals surface area contributed by atoms with Crippen LogP contribution in [0.3, 0.4) is 0 Å². The summed E-state index contributed by atoms with van der Waals surface area (Å²) in [4.78, 5) is 13.0. The highest BCUT2D eigenvalue weighted by Crippen LogP contribution is 2.19. The minimum absolute atomic E-state index is 0.147. The maximum absolute atomic E-state index is 11.9. The van der Waals surface area contributed by atoms with Gasteiger partial charge in [0.2, 0.25) is 5.91 Å². The van der Waals surface area contributed by atoms with Crippen molar-refractivity contribution in [3.63, 3.8) is 0 Å². The Morgan fingerprint density at radius 1 is 1.07 bits per heavy atom. The number of hydrogen-bond acceptors (Lipinski definition) is 4. The predicted molar refractivity (Wildman–Crippen MR) is 120 cm³/mol. The van der Waals surface area contributed by atoms with Gasteiger partial charge in [-0.25, -0.2) is 5.43 Å². The lowest BCUT2D eigenvalue weighted by Gasteiger charge is -2.07. The van der Waals surface area contributed by atoms with Crippen LogP contribution in [0.15, 0.2) is 82.8 Å². The van der Waals surface area contributed by atoms with Crippen molar-refractivity contribution in [3.8, 4) is 5.75 Å². The monoisotopic (exact) mass is 424 g/mol. The topological polar surface area (TPSA) is 50.7 Å². The van der Waals surface area contributed by atoms with Crippen molar-refractivity contribution >= 4 is 35.5 Å². The number of hydrogen-bond donors (Lipinski definition) is 1. The summed E-state index contributed by atoms with van der Waals surface area (Å²) in [7, 11) is 0. The van der Waals surface area contributed by atoms with Gasteiger partial charge >= 0.3 is 0 Å². The Hall–Kier alpha value is -2.76. The van der Waals surface area contributed by atoms with Crippen LogP contribution < -0.4 is 10.2 Å². The van der Waals surface area contributed by atoms with E-state index in [0.29, 0.717) is 17.4 Å². The molecule has 4 nitrogen and oxygen atoms in total. The number of nitrogens with zero attached hydrogens (tertiary/aromatic N) is 1. The van der Waals surface area contributed by atoms with Gasteiger partial charge in [0.25, 0.3) is 0 Å². The highest BCUT2D eigenvalue weighted by molar-refractivity contribution is 8.00. The zero-order chi connectivity index (χ0) is 20.5. The second-order valence-corrected chi connectivity index (χ2v) is 7.80. The number of hydrazone groups is 1. The SMILES string of the molecule is Cc1ccc(SCC(=O)N/N=C\c2ccc(OCc3ccccc3Cl)cc2)cc1. The molecule has 0 saturated heterocycles. The Morgan fingerprint density at radius 2 is 1.79 bits per heavy atom. The van der Waals surface area contributed by atoms with E-state index in [0.717, 1.165) is 21.8 Å². The molecule has 6 heteroatoms. The zero-order valence-corrected chi connectivity index (χ0v) is 17.5. The summed E-state index contributed by atoms with van der Waals surface area (Å²) in [6.45, 7) is 2.44. The van der Waals surface area contributed by atoms with Gasteiger partial charge in [0, 0.05) is 15.5 Å². The van der Waals surface area contributed by atoms with Gasteiger partial charge < -0.3 is 4.74 Å². The van der Waals surface area contributed by atoms with Crippen molar-refractivity contribution < 1.29 is 9.53 Å². The molecule has 0 radical (unpaired) electrons. The first-order valence-electron chi connectivity index (χ1n) is 9.08. The lowest BCUT2D eigenvalue weighted by Crippen LogP contribution is -2.19. The van der Waals surface area contributed by atoms with Crippen LogP contribution in [0.25, 0.3) is 0 Å². The summed E-state index contributed by atoms with van der Waals surface area (Å²) < 4.78 is 5.75. The fourth-order valence-corrected chi connectivity index (χ4v) is 3.30. The molecule has 1 amide bonds. The minimum atomic E-state index is -0.147. The Kier molecular flexibility index (Phi) is 7.73. The van der Waals surface area contributed by atoms with Crippen molar-refractivity contribution in [2.75, 3.05) is 5.75 Å². The molecule has 0 atom stereocenters. The number of halogens is 1. The van der Waals surface area contributed by atoms with E-state index < -0.39 is 0 Å². The molecular formula is C23H21ClN2O2S. The number of carbonyl (C=O) groups is 1. The van der Waals surface area contributed by atoms with Gasteiger partial charge in [0.15, 0.2) is 0 Å². The van der Waals surface area contributed by atoms with Crippen molar-refractivity contribution in [3.05, 3.63) is 94.5 Å². The maximum atomic E-state index is 11.9. The van der Waals surface area contributed by atoms with Crippen molar-refractivity contribution in [1.82, 2.24) is 5.43 Å². The molecule has 1 N–H and O–H groups in total. The second-order valence-electron chi connectivity index (χ2n) is 6.34. The van der Waals surface area contributed by atoms with Crippen molar-refractivity contribution in [2.45, 2.75) is 18.4 Å². The lowest BCUT2D eigenvalue weighted by atomic mass is 10.2. The molecule has 3 aromatic rings. The minimum Gasteiger partial charge on any atom is -0.489 e. The fourth-order valence-electron chi connectivity index (χ4n) is 2.42. The molecule has 0 aliphatic carbocycles. The van der Waals surface area contributed by atoms with E-state index in [1.807, 2.05) is 79.7 Å². The first-order valence-corrected chi connectivity index (χ1v) is 10.4. The molecule has 0 aliphatic heterocycles. The molecule has 29 heavy (non-hydrogen) atoms. The molecule has 0 saturated carbocycles. The average molecular weight is 425 g/mol. The van der Waals surface area contributed by atoms with Crippen LogP contribution in [0, 0.1) is 6.92 Å². The summed E-state index contributed by atoms with van der Waals surface area (Å²) >= 11 is 7.61. The Morgan fingerprint density at radius 3 is 2.52 bits per heavy atom. The van der Waals surface area contributed by atoms with Gasteiger partial charge in [-0.2, -0.15) is 5.10 Å². The van der Waals surface area contributed by atoms with E-state index in [9.17, 15) is 4.79 Å². The maximum Gasteiger partial charge on any atom is 0.250 e. The smallest absolute Gasteiger partial charge is 0.250 e. The van der Waals surface area contributed by atoms with Crippen molar-refractivity contribution in [1.29, 1.82) is 0 Å². The molecule has 0 spiro atoms. The summed E-state index contributed by atoms with van der Waals surface area (Å²) in [5, 5.41) is 4.69. The third kappa shape index (κ3) is 6.97. The molecule has 0 fully saturated rings.